The minimum Gasteiger partial charge on any atom is -0.311 e. The van der Waals surface area contributed by atoms with Gasteiger partial charge in [0.05, 0.1) is 0 Å². The summed E-state index contributed by atoms with van der Waals surface area (Å²) in [4.78, 5) is 4.06. The largest absolute Gasteiger partial charge is 0.311 e. The summed E-state index contributed by atoms with van der Waals surface area (Å²) >= 11 is 9.15. The Hall–Kier alpha value is -0.120. The fourth-order valence-corrected chi connectivity index (χ4v) is 1.49. The van der Waals surface area contributed by atoms with Crippen LogP contribution >= 0.6 is 27.5 Å². The monoisotopic (exact) mass is 262 g/mol. The highest BCUT2D eigenvalue weighted by Gasteiger charge is 1.97. The van der Waals surface area contributed by atoms with Gasteiger partial charge in [-0.3, -0.25) is 4.98 Å². The first-order valence-electron chi connectivity index (χ1n) is 4.12. The fraction of sp³-hybridized carbons (Fsp3) is 0.444. The van der Waals surface area contributed by atoms with Crippen molar-refractivity contribution in [3.63, 3.8) is 0 Å². The fourth-order valence-electron chi connectivity index (χ4n) is 0.968. The highest BCUT2D eigenvalue weighted by atomic mass is 79.9. The van der Waals surface area contributed by atoms with Gasteiger partial charge in [-0.1, -0.05) is 0 Å². The lowest BCUT2D eigenvalue weighted by Crippen LogP contribution is -2.20. The molecule has 1 aromatic heterocycles. The summed E-state index contributed by atoms with van der Waals surface area (Å²) < 4.78 is 1.01. The van der Waals surface area contributed by atoms with Gasteiger partial charge in [-0.05, 0) is 34.5 Å². The smallest absolute Gasteiger partial charge is 0.0432 e. The van der Waals surface area contributed by atoms with Crippen LogP contribution in [0.4, 0.5) is 0 Å². The van der Waals surface area contributed by atoms with E-state index in [2.05, 4.69) is 26.2 Å². The molecule has 1 aromatic rings. The first-order valence-corrected chi connectivity index (χ1v) is 5.35. The van der Waals surface area contributed by atoms with Gasteiger partial charge in [0, 0.05) is 35.3 Å². The van der Waals surface area contributed by atoms with Gasteiger partial charge in [-0.15, -0.1) is 11.6 Å². The van der Waals surface area contributed by atoms with E-state index in [9.17, 15) is 0 Å². The molecule has 0 aliphatic carbocycles. The standard InChI is InChI=1S/C9H12BrClN2/c1-7(11)3-12-4-8-2-9(10)6-13-5-8/h2,5-7,12H,3-4H2,1H3. The van der Waals surface area contributed by atoms with Crippen molar-refractivity contribution in [1.29, 1.82) is 0 Å². The molecule has 4 heteroatoms. The van der Waals surface area contributed by atoms with Crippen molar-refractivity contribution in [2.45, 2.75) is 18.8 Å². The van der Waals surface area contributed by atoms with Crippen LogP contribution in [0, 0.1) is 0 Å². The SMILES string of the molecule is CC(Cl)CNCc1cncc(Br)c1. The molecule has 1 rings (SSSR count). The van der Waals surface area contributed by atoms with Crippen molar-refractivity contribution >= 4 is 27.5 Å². The molecule has 1 N–H and O–H groups in total. The summed E-state index contributed by atoms with van der Waals surface area (Å²) in [5, 5.41) is 3.40. The lowest BCUT2D eigenvalue weighted by Gasteiger charge is -2.05. The Bertz CT molecular complexity index is 266. The zero-order chi connectivity index (χ0) is 9.68. The van der Waals surface area contributed by atoms with Crippen molar-refractivity contribution in [3.05, 3.63) is 28.5 Å². The zero-order valence-corrected chi connectivity index (χ0v) is 9.77. The average Bonchev–Trinajstić information content (AvgIpc) is 2.03. The third-order valence-electron chi connectivity index (χ3n) is 1.52. The van der Waals surface area contributed by atoms with Gasteiger partial charge in [0.15, 0.2) is 0 Å². The maximum Gasteiger partial charge on any atom is 0.0432 e. The second kappa shape index (κ2) is 5.58. The van der Waals surface area contributed by atoms with Gasteiger partial charge in [0.1, 0.15) is 0 Å². The molecule has 72 valence electrons. The van der Waals surface area contributed by atoms with Crippen molar-refractivity contribution < 1.29 is 0 Å². The highest BCUT2D eigenvalue weighted by Crippen LogP contribution is 2.09. The Labute approximate surface area is 91.8 Å². The zero-order valence-electron chi connectivity index (χ0n) is 7.43. The van der Waals surface area contributed by atoms with Gasteiger partial charge in [0.2, 0.25) is 0 Å². The maximum atomic E-state index is 5.79. The molecule has 0 aliphatic rings. The molecule has 0 aromatic carbocycles. The van der Waals surface area contributed by atoms with Crippen molar-refractivity contribution in [3.8, 4) is 0 Å². The van der Waals surface area contributed by atoms with Crippen LogP contribution in [0.15, 0.2) is 22.9 Å². The number of hydrogen-bond donors (Lipinski definition) is 1. The van der Waals surface area contributed by atoms with Crippen LogP contribution in [-0.2, 0) is 6.54 Å². The summed E-state index contributed by atoms with van der Waals surface area (Å²) in [6.07, 6.45) is 3.62. The number of alkyl halides is 1. The van der Waals surface area contributed by atoms with E-state index < -0.39 is 0 Å². The van der Waals surface area contributed by atoms with E-state index in [1.807, 2.05) is 19.2 Å². The Morgan fingerprint density at radius 1 is 1.62 bits per heavy atom. The summed E-state index contributed by atoms with van der Waals surface area (Å²) in [6.45, 7) is 3.59. The summed E-state index contributed by atoms with van der Waals surface area (Å²) in [7, 11) is 0. The molecular formula is C9H12BrClN2. The number of aromatic nitrogens is 1. The van der Waals surface area contributed by atoms with Crippen LogP contribution < -0.4 is 5.32 Å². The van der Waals surface area contributed by atoms with E-state index in [-0.39, 0.29) is 5.38 Å². The predicted octanol–water partition coefficient (Wildman–Crippen LogP) is 2.56. The molecule has 1 heterocycles. The van der Waals surface area contributed by atoms with Crippen LogP contribution in [0.5, 0.6) is 0 Å². The molecule has 0 radical (unpaired) electrons. The van der Waals surface area contributed by atoms with Crippen LogP contribution in [0.3, 0.4) is 0 Å². The second-order valence-electron chi connectivity index (χ2n) is 2.92. The number of hydrogen-bond acceptors (Lipinski definition) is 2. The van der Waals surface area contributed by atoms with E-state index in [1.54, 1.807) is 6.20 Å². The lowest BCUT2D eigenvalue weighted by atomic mass is 10.3. The van der Waals surface area contributed by atoms with Gasteiger partial charge >= 0.3 is 0 Å². The minimum atomic E-state index is 0.167. The molecule has 0 spiro atoms. The van der Waals surface area contributed by atoms with E-state index in [4.69, 9.17) is 11.6 Å². The molecule has 1 unspecified atom stereocenters. The normalized spacial score (nSPS) is 12.8. The molecule has 1 atom stereocenters. The third kappa shape index (κ3) is 4.60. The Morgan fingerprint density at radius 2 is 2.38 bits per heavy atom. The summed E-state index contributed by atoms with van der Waals surface area (Å²) in [5.41, 5.74) is 1.16. The topological polar surface area (TPSA) is 24.9 Å². The quantitative estimate of drug-likeness (QED) is 0.845. The van der Waals surface area contributed by atoms with Crippen molar-refractivity contribution in [2.75, 3.05) is 6.54 Å². The first-order chi connectivity index (χ1) is 6.18. The molecule has 0 saturated heterocycles. The van der Waals surface area contributed by atoms with Crippen LogP contribution in [0.1, 0.15) is 12.5 Å². The number of nitrogens with one attached hydrogen (secondary N) is 1. The molecule has 0 amide bonds. The number of pyridine rings is 1. The van der Waals surface area contributed by atoms with E-state index in [0.29, 0.717) is 0 Å². The van der Waals surface area contributed by atoms with Crippen LogP contribution in [0.25, 0.3) is 0 Å². The molecule has 0 saturated carbocycles. The van der Waals surface area contributed by atoms with E-state index in [1.165, 1.54) is 0 Å². The highest BCUT2D eigenvalue weighted by molar-refractivity contribution is 9.10. The van der Waals surface area contributed by atoms with E-state index in [0.717, 1.165) is 23.1 Å². The molecule has 0 bridgehead atoms. The lowest BCUT2D eigenvalue weighted by molar-refractivity contribution is 0.678. The van der Waals surface area contributed by atoms with Gasteiger partial charge in [-0.2, -0.15) is 0 Å². The van der Waals surface area contributed by atoms with E-state index >= 15 is 0 Å². The average molecular weight is 264 g/mol. The van der Waals surface area contributed by atoms with Gasteiger partial charge in [-0.25, -0.2) is 0 Å². The summed E-state index contributed by atoms with van der Waals surface area (Å²) in [5.74, 6) is 0. The number of rotatable bonds is 4. The van der Waals surface area contributed by atoms with Crippen LogP contribution in [0.2, 0.25) is 0 Å². The maximum absolute atomic E-state index is 5.79. The second-order valence-corrected chi connectivity index (χ2v) is 4.58. The molecule has 0 fully saturated rings. The van der Waals surface area contributed by atoms with Crippen molar-refractivity contribution in [2.24, 2.45) is 0 Å². The Kier molecular flexibility index (Phi) is 4.70. The predicted molar refractivity (Wildman–Crippen MR) is 59.0 cm³/mol. The Morgan fingerprint density at radius 3 is 3.00 bits per heavy atom. The van der Waals surface area contributed by atoms with Gasteiger partial charge < -0.3 is 5.32 Å². The van der Waals surface area contributed by atoms with Crippen LogP contribution in [-0.4, -0.2) is 16.9 Å². The van der Waals surface area contributed by atoms with Crippen molar-refractivity contribution in [1.82, 2.24) is 10.3 Å². The minimum absolute atomic E-state index is 0.167. The molecule has 13 heavy (non-hydrogen) atoms. The number of halogens is 2. The Balaban J connectivity index is 2.37. The first kappa shape index (κ1) is 11.0. The molecular weight excluding hydrogens is 251 g/mol. The number of nitrogens with zero attached hydrogens (tertiary/aromatic N) is 1. The molecule has 0 aliphatic heterocycles. The summed E-state index contributed by atoms with van der Waals surface area (Å²) in [6, 6.07) is 2.04. The molecule has 2 nitrogen and oxygen atoms in total. The van der Waals surface area contributed by atoms with Gasteiger partial charge in [0.25, 0.3) is 0 Å². The third-order valence-corrected chi connectivity index (χ3v) is 2.10.